The van der Waals surface area contributed by atoms with Gasteiger partial charge in [0.2, 0.25) is 0 Å². The Kier molecular flexibility index (Phi) is 3.34. The van der Waals surface area contributed by atoms with Gasteiger partial charge in [0, 0.05) is 18.7 Å². The first kappa shape index (κ1) is 13.6. The lowest BCUT2D eigenvalue weighted by molar-refractivity contribution is -0.0124. The highest BCUT2D eigenvalue weighted by Crippen LogP contribution is 2.14. The maximum Gasteiger partial charge on any atom is 0.314 e. The monoisotopic (exact) mass is 289 g/mol. The molecular weight excluding hydrogens is 274 g/mol. The summed E-state index contributed by atoms with van der Waals surface area (Å²) in [5, 5.41) is 0. The Balaban J connectivity index is 1.97. The minimum absolute atomic E-state index is 0.0133. The highest BCUT2D eigenvalue weighted by molar-refractivity contribution is 5.97. The van der Waals surface area contributed by atoms with Crippen LogP contribution in [0.25, 0.3) is 11.0 Å². The molecule has 1 aromatic carbocycles. The van der Waals surface area contributed by atoms with Crippen LogP contribution >= 0.6 is 0 Å². The zero-order valence-corrected chi connectivity index (χ0v) is 11.5. The molecule has 1 amide bonds. The zero-order chi connectivity index (χ0) is 15.0. The molecule has 110 valence electrons. The van der Waals surface area contributed by atoms with Gasteiger partial charge in [-0.05, 0) is 25.1 Å². The van der Waals surface area contributed by atoms with Gasteiger partial charge in [0.15, 0.2) is 0 Å². The highest BCUT2D eigenvalue weighted by Gasteiger charge is 2.22. The summed E-state index contributed by atoms with van der Waals surface area (Å²) in [6.45, 7) is 3.52. The van der Waals surface area contributed by atoms with Crippen LogP contribution in [0.3, 0.4) is 0 Å². The molecule has 0 unspecified atom stereocenters. The van der Waals surface area contributed by atoms with Crippen LogP contribution in [0.4, 0.5) is 0 Å². The van der Waals surface area contributed by atoms with Gasteiger partial charge in [-0.1, -0.05) is 0 Å². The summed E-state index contributed by atoms with van der Waals surface area (Å²) >= 11 is 0. The maximum absolute atomic E-state index is 12.4. The summed E-state index contributed by atoms with van der Waals surface area (Å²) in [7, 11) is 0. The van der Waals surface area contributed by atoms with E-state index in [1.165, 1.54) is 0 Å². The number of aromatic nitrogens is 2. The zero-order valence-electron chi connectivity index (χ0n) is 11.5. The van der Waals surface area contributed by atoms with Crippen LogP contribution in [-0.4, -0.2) is 46.6 Å². The molecule has 7 heteroatoms. The fourth-order valence-electron chi connectivity index (χ4n) is 2.43. The Morgan fingerprint density at radius 2 is 1.95 bits per heavy atom. The van der Waals surface area contributed by atoms with E-state index in [1.807, 2.05) is 6.92 Å². The quantitative estimate of drug-likeness (QED) is 0.727. The molecule has 21 heavy (non-hydrogen) atoms. The van der Waals surface area contributed by atoms with E-state index in [4.69, 9.17) is 4.74 Å². The number of ether oxygens (including phenoxy) is 1. The standard InChI is InChI=1S/C14H15N3O4/c1-8-7-17(4-5-21-8)14(20)9-2-3-10-11(6-9)16-13(19)12(18)15-10/h2-3,6,8H,4-5,7H2,1H3,(H,15,18)(H,16,19)/t8-/m0/s1. The molecule has 3 rings (SSSR count). The van der Waals surface area contributed by atoms with Crippen molar-refractivity contribution in [3.05, 3.63) is 44.5 Å². The third kappa shape index (κ3) is 2.59. The number of carbonyl (C=O) groups excluding carboxylic acids is 1. The van der Waals surface area contributed by atoms with Gasteiger partial charge in [-0.3, -0.25) is 14.4 Å². The molecule has 0 saturated carbocycles. The molecular formula is C14H15N3O4. The number of rotatable bonds is 1. The molecule has 1 atom stereocenters. The molecule has 1 aromatic heterocycles. The Morgan fingerprint density at radius 1 is 1.24 bits per heavy atom. The Bertz CT molecular complexity index is 808. The summed E-state index contributed by atoms with van der Waals surface area (Å²) in [4.78, 5) is 41.7. The normalized spacial score (nSPS) is 18.9. The SMILES string of the molecule is C[C@H]1CN(C(=O)c2ccc3[nH]c(=O)c(=O)[nH]c3c2)CCO1. The van der Waals surface area contributed by atoms with Crippen LogP contribution < -0.4 is 11.1 Å². The van der Waals surface area contributed by atoms with Crippen LogP contribution in [0.15, 0.2) is 27.8 Å². The van der Waals surface area contributed by atoms with E-state index < -0.39 is 11.1 Å². The van der Waals surface area contributed by atoms with E-state index in [0.29, 0.717) is 36.3 Å². The Morgan fingerprint density at radius 3 is 2.67 bits per heavy atom. The molecule has 7 nitrogen and oxygen atoms in total. The number of morpholine rings is 1. The first-order valence-corrected chi connectivity index (χ1v) is 6.72. The summed E-state index contributed by atoms with van der Waals surface area (Å²) < 4.78 is 5.41. The van der Waals surface area contributed by atoms with Crippen LogP contribution in [-0.2, 0) is 4.74 Å². The first-order valence-electron chi connectivity index (χ1n) is 6.72. The number of fused-ring (bicyclic) bond motifs is 1. The number of nitrogens with one attached hydrogen (secondary N) is 2. The average molecular weight is 289 g/mol. The molecule has 2 N–H and O–H groups in total. The fourth-order valence-corrected chi connectivity index (χ4v) is 2.43. The minimum atomic E-state index is -0.730. The van der Waals surface area contributed by atoms with Gasteiger partial charge in [0.05, 0.1) is 23.7 Å². The molecule has 2 heterocycles. The van der Waals surface area contributed by atoms with Crippen molar-refractivity contribution in [3.8, 4) is 0 Å². The number of nitrogens with zero attached hydrogens (tertiary/aromatic N) is 1. The molecule has 0 radical (unpaired) electrons. The van der Waals surface area contributed by atoms with Crippen LogP contribution in [0.1, 0.15) is 17.3 Å². The Hall–Kier alpha value is -2.41. The summed E-state index contributed by atoms with van der Waals surface area (Å²) in [6, 6.07) is 4.83. The summed E-state index contributed by atoms with van der Waals surface area (Å²) in [6.07, 6.45) is 0.0133. The molecule has 0 spiro atoms. The number of hydrogen-bond acceptors (Lipinski definition) is 4. The molecule has 1 aliphatic heterocycles. The van der Waals surface area contributed by atoms with E-state index in [2.05, 4.69) is 9.97 Å². The number of H-pyrrole nitrogens is 2. The van der Waals surface area contributed by atoms with Gasteiger partial charge in [0.1, 0.15) is 0 Å². The Labute approximate surface area is 119 Å². The molecule has 0 bridgehead atoms. The van der Waals surface area contributed by atoms with E-state index in [0.717, 1.165) is 0 Å². The van der Waals surface area contributed by atoms with Crippen molar-refractivity contribution >= 4 is 16.9 Å². The van der Waals surface area contributed by atoms with Crippen molar-refractivity contribution in [3.63, 3.8) is 0 Å². The second-order valence-corrected chi connectivity index (χ2v) is 5.10. The molecule has 1 fully saturated rings. The van der Waals surface area contributed by atoms with Crippen molar-refractivity contribution in [2.24, 2.45) is 0 Å². The van der Waals surface area contributed by atoms with Gasteiger partial charge in [-0.25, -0.2) is 0 Å². The van der Waals surface area contributed by atoms with Crippen molar-refractivity contribution < 1.29 is 9.53 Å². The van der Waals surface area contributed by atoms with Crippen LogP contribution in [0, 0.1) is 0 Å². The van der Waals surface area contributed by atoms with Gasteiger partial charge in [0.25, 0.3) is 5.91 Å². The molecule has 2 aromatic rings. The highest BCUT2D eigenvalue weighted by atomic mass is 16.5. The number of benzene rings is 1. The second kappa shape index (κ2) is 5.17. The van der Waals surface area contributed by atoms with Crippen molar-refractivity contribution in [1.82, 2.24) is 14.9 Å². The number of hydrogen-bond donors (Lipinski definition) is 2. The lowest BCUT2D eigenvalue weighted by Crippen LogP contribution is -2.44. The molecule has 0 aliphatic carbocycles. The van der Waals surface area contributed by atoms with Crippen molar-refractivity contribution in [1.29, 1.82) is 0 Å². The second-order valence-electron chi connectivity index (χ2n) is 5.10. The third-order valence-electron chi connectivity index (χ3n) is 3.50. The van der Waals surface area contributed by atoms with Gasteiger partial charge < -0.3 is 19.6 Å². The average Bonchev–Trinajstić information content (AvgIpc) is 2.47. The van der Waals surface area contributed by atoms with Gasteiger partial charge in [-0.15, -0.1) is 0 Å². The van der Waals surface area contributed by atoms with Crippen molar-refractivity contribution in [2.75, 3.05) is 19.7 Å². The smallest absolute Gasteiger partial charge is 0.314 e. The topological polar surface area (TPSA) is 95.3 Å². The minimum Gasteiger partial charge on any atom is -0.375 e. The van der Waals surface area contributed by atoms with Crippen LogP contribution in [0.5, 0.6) is 0 Å². The van der Waals surface area contributed by atoms with Gasteiger partial charge >= 0.3 is 11.1 Å². The predicted molar refractivity (Wildman–Crippen MR) is 76.5 cm³/mol. The largest absolute Gasteiger partial charge is 0.375 e. The molecule has 1 saturated heterocycles. The number of carbonyl (C=O) groups is 1. The van der Waals surface area contributed by atoms with Crippen molar-refractivity contribution in [2.45, 2.75) is 13.0 Å². The van der Waals surface area contributed by atoms with E-state index >= 15 is 0 Å². The molecule has 1 aliphatic rings. The number of amides is 1. The van der Waals surface area contributed by atoms with Crippen LogP contribution in [0.2, 0.25) is 0 Å². The van der Waals surface area contributed by atoms with E-state index in [-0.39, 0.29) is 12.0 Å². The first-order chi connectivity index (χ1) is 10.0. The third-order valence-corrected chi connectivity index (χ3v) is 3.50. The fraction of sp³-hybridized carbons (Fsp3) is 0.357. The number of aromatic amines is 2. The van der Waals surface area contributed by atoms with Gasteiger partial charge in [-0.2, -0.15) is 0 Å². The summed E-state index contributed by atoms with van der Waals surface area (Å²) in [5.74, 6) is -0.112. The lowest BCUT2D eigenvalue weighted by Gasteiger charge is -2.31. The summed E-state index contributed by atoms with van der Waals surface area (Å²) in [5.41, 5.74) is -0.0340. The maximum atomic E-state index is 12.4. The lowest BCUT2D eigenvalue weighted by atomic mass is 10.1. The predicted octanol–water partition coefficient (Wildman–Crippen LogP) is 0.0773. The van der Waals surface area contributed by atoms with E-state index in [1.54, 1.807) is 23.1 Å². The van der Waals surface area contributed by atoms with E-state index in [9.17, 15) is 14.4 Å².